The predicted molar refractivity (Wildman–Crippen MR) is 96.4 cm³/mol. The maximum absolute atomic E-state index is 12.1. The molecular weight excluding hydrogens is 364 g/mol. The third-order valence-corrected chi connectivity index (χ3v) is 4.05. The van der Waals surface area contributed by atoms with E-state index >= 15 is 0 Å². The first-order valence-corrected chi connectivity index (χ1v) is 7.91. The van der Waals surface area contributed by atoms with Crippen molar-refractivity contribution in [3.63, 3.8) is 0 Å². The number of anilines is 2. The number of halogens is 1. The van der Waals surface area contributed by atoms with Crippen LogP contribution in [0.2, 0.25) is 0 Å². The Balaban J connectivity index is 0.00000243. The summed E-state index contributed by atoms with van der Waals surface area (Å²) in [6.07, 6.45) is 0.497. The molecule has 1 fully saturated rings. The lowest BCUT2D eigenvalue weighted by Crippen LogP contribution is -2.40. The van der Waals surface area contributed by atoms with Crippen LogP contribution in [0.3, 0.4) is 0 Å². The van der Waals surface area contributed by atoms with Crippen molar-refractivity contribution >= 4 is 41.6 Å². The lowest BCUT2D eigenvalue weighted by molar-refractivity contribution is -0.130. The van der Waals surface area contributed by atoms with Gasteiger partial charge in [-0.2, -0.15) is 0 Å². The number of carbonyl (C=O) groups excluding carboxylic acids is 3. The van der Waals surface area contributed by atoms with Crippen molar-refractivity contribution in [1.29, 1.82) is 0 Å². The number of hydrogen-bond acceptors (Lipinski definition) is 6. The Bertz CT molecular complexity index is 752. The van der Waals surface area contributed by atoms with Gasteiger partial charge in [0.1, 0.15) is 5.54 Å². The molecule has 10 heteroatoms. The van der Waals surface area contributed by atoms with E-state index < -0.39 is 11.6 Å². The van der Waals surface area contributed by atoms with Gasteiger partial charge in [0.2, 0.25) is 12.7 Å². The summed E-state index contributed by atoms with van der Waals surface area (Å²) in [4.78, 5) is 37.0. The van der Waals surface area contributed by atoms with E-state index in [0.29, 0.717) is 29.3 Å². The second kappa shape index (κ2) is 7.28. The summed E-state index contributed by atoms with van der Waals surface area (Å²) in [7, 11) is 0. The summed E-state index contributed by atoms with van der Waals surface area (Å²) >= 11 is 0. The van der Waals surface area contributed by atoms with E-state index in [2.05, 4.69) is 10.6 Å². The van der Waals surface area contributed by atoms with Crippen molar-refractivity contribution in [2.24, 2.45) is 0 Å². The molecule has 2 heterocycles. The molecule has 1 saturated heterocycles. The predicted octanol–water partition coefficient (Wildman–Crippen LogP) is 1.47. The fourth-order valence-corrected chi connectivity index (χ4v) is 2.70. The summed E-state index contributed by atoms with van der Waals surface area (Å²) in [5, 5.41) is 5.30. The summed E-state index contributed by atoms with van der Waals surface area (Å²) < 4.78 is 10.5. The minimum atomic E-state index is -0.902. The molecule has 0 aromatic heterocycles. The van der Waals surface area contributed by atoms with Crippen molar-refractivity contribution in [1.82, 2.24) is 10.2 Å². The monoisotopic (exact) mass is 384 g/mol. The number of rotatable bonds is 5. The van der Waals surface area contributed by atoms with Crippen LogP contribution in [0.25, 0.3) is 0 Å². The van der Waals surface area contributed by atoms with Crippen LogP contribution < -0.4 is 25.8 Å². The topological polar surface area (TPSA) is 123 Å². The quantitative estimate of drug-likeness (QED) is 0.521. The van der Waals surface area contributed by atoms with Crippen molar-refractivity contribution in [3.05, 3.63) is 12.1 Å². The molecule has 0 aliphatic carbocycles. The molecule has 142 valence electrons. The van der Waals surface area contributed by atoms with Gasteiger partial charge < -0.3 is 25.8 Å². The van der Waals surface area contributed by atoms with Gasteiger partial charge in [-0.05, 0) is 20.3 Å². The Morgan fingerprint density at radius 1 is 1.31 bits per heavy atom. The van der Waals surface area contributed by atoms with Crippen LogP contribution in [0.5, 0.6) is 11.5 Å². The number of benzene rings is 1. The average Bonchev–Trinajstić information content (AvgIpc) is 3.04. The minimum Gasteiger partial charge on any atom is -0.454 e. The van der Waals surface area contributed by atoms with Crippen LogP contribution in [-0.2, 0) is 9.59 Å². The maximum atomic E-state index is 12.1. The van der Waals surface area contributed by atoms with Crippen LogP contribution in [0.4, 0.5) is 16.2 Å². The van der Waals surface area contributed by atoms with Gasteiger partial charge in [-0.3, -0.25) is 14.5 Å². The first kappa shape index (κ1) is 19.6. The number of ether oxygens (including phenoxy) is 2. The van der Waals surface area contributed by atoms with Crippen LogP contribution in [0, 0.1) is 0 Å². The Morgan fingerprint density at radius 2 is 1.96 bits per heavy atom. The number of hydrogen-bond donors (Lipinski definition) is 3. The van der Waals surface area contributed by atoms with E-state index in [4.69, 9.17) is 15.2 Å². The van der Waals surface area contributed by atoms with E-state index in [0.717, 1.165) is 4.90 Å². The van der Waals surface area contributed by atoms with Gasteiger partial charge >= 0.3 is 6.03 Å². The molecule has 0 spiro atoms. The summed E-state index contributed by atoms with van der Waals surface area (Å²) in [5.41, 5.74) is 5.78. The van der Waals surface area contributed by atoms with Gasteiger partial charge in [-0.25, -0.2) is 4.79 Å². The second-order valence-electron chi connectivity index (χ2n) is 6.46. The molecule has 4 amide bonds. The second-order valence-corrected chi connectivity index (χ2v) is 6.46. The molecular formula is C16H21ClN4O5. The zero-order valence-corrected chi connectivity index (χ0v) is 15.3. The maximum Gasteiger partial charge on any atom is 0.325 e. The number of fused-ring (bicyclic) bond motifs is 1. The molecule has 1 aromatic rings. The zero-order valence-electron chi connectivity index (χ0n) is 14.5. The van der Waals surface area contributed by atoms with E-state index in [1.807, 2.05) is 0 Å². The van der Waals surface area contributed by atoms with Crippen LogP contribution >= 0.6 is 12.4 Å². The minimum absolute atomic E-state index is 0. The highest BCUT2D eigenvalue weighted by Crippen LogP contribution is 2.38. The standard InChI is InChI=1S/C16H20N4O5.ClH/c1-16(2)14(22)20(15(23)19-16)5-3-4-13(21)18-10-7-12-11(6-9(10)17)24-8-25-12;/h6-7H,3-5,8,17H2,1-2H3,(H,18,21)(H,19,23);1H. The number of nitrogen functional groups attached to an aromatic ring is 1. The molecule has 4 N–H and O–H groups in total. The van der Waals surface area contributed by atoms with E-state index in [1.54, 1.807) is 26.0 Å². The van der Waals surface area contributed by atoms with Gasteiger partial charge in [0.25, 0.3) is 5.91 Å². The average molecular weight is 385 g/mol. The highest BCUT2D eigenvalue weighted by atomic mass is 35.5. The van der Waals surface area contributed by atoms with Crippen molar-refractivity contribution < 1.29 is 23.9 Å². The van der Waals surface area contributed by atoms with E-state index in [9.17, 15) is 14.4 Å². The molecule has 1 aromatic carbocycles. The lowest BCUT2D eigenvalue weighted by atomic mass is 10.1. The van der Waals surface area contributed by atoms with Crippen molar-refractivity contribution in [2.45, 2.75) is 32.2 Å². The Morgan fingerprint density at radius 3 is 2.58 bits per heavy atom. The van der Waals surface area contributed by atoms with Crippen molar-refractivity contribution in [2.75, 3.05) is 24.4 Å². The molecule has 0 saturated carbocycles. The number of nitrogens with one attached hydrogen (secondary N) is 2. The molecule has 0 unspecified atom stereocenters. The Kier molecular flexibility index (Phi) is 5.50. The number of carbonyl (C=O) groups is 3. The van der Waals surface area contributed by atoms with Crippen LogP contribution in [0.1, 0.15) is 26.7 Å². The van der Waals surface area contributed by atoms with Gasteiger partial charge in [-0.1, -0.05) is 0 Å². The highest BCUT2D eigenvalue weighted by Gasteiger charge is 2.43. The number of imide groups is 1. The number of amides is 4. The summed E-state index contributed by atoms with van der Waals surface area (Å²) in [6, 6.07) is 2.76. The summed E-state index contributed by atoms with van der Waals surface area (Å²) in [5.74, 6) is 0.498. The van der Waals surface area contributed by atoms with Crippen LogP contribution in [0.15, 0.2) is 12.1 Å². The van der Waals surface area contributed by atoms with Gasteiger partial charge in [0.05, 0.1) is 11.4 Å². The molecule has 2 aliphatic heterocycles. The molecule has 3 rings (SSSR count). The smallest absolute Gasteiger partial charge is 0.325 e. The Labute approximate surface area is 156 Å². The van der Waals surface area contributed by atoms with Gasteiger partial charge in [0, 0.05) is 25.1 Å². The molecule has 0 bridgehead atoms. The van der Waals surface area contributed by atoms with Crippen LogP contribution in [-0.4, -0.2) is 41.6 Å². The first-order chi connectivity index (χ1) is 11.8. The highest BCUT2D eigenvalue weighted by molar-refractivity contribution is 6.06. The first-order valence-electron chi connectivity index (χ1n) is 7.91. The largest absolute Gasteiger partial charge is 0.454 e. The third kappa shape index (κ3) is 3.77. The lowest BCUT2D eigenvalue weighted by Gasteiger charge is -2.15. The fourth-order valence-electron chi connectivity index (χ4n) is 2.70. The third-order valence-electron chi connectivity index (χ3n) is 4.05. The Hall–Kier alpha value is -2.68. The zero-order chi connectivity index (χ0) is 18.2. The fraction of sp³-hybridized carbons (Fsp3) is 0.438. The summed E-state index contributed by atoms with van der Waals surface area (Å²) in [6.45, 7) is 3.58. The number of nitrogens with two attached hydrogens (primary N) is 1. The molecule has 9 nitrogen and oxygen atoms in total. The van der Waals surface area contributed by atoms with Crippen molar-refractivity contribution in [3.8, 4) is 11.5 Å². The molecule has 0 radical (unpaired) electrons. The molecule has 2 aliphatic rings. The number of urea groups is 1. The van der Waals surface area contributed by atoms with E-state index in [-0.39, 0.29) is 44.0 Å². The SMILES string of the molecule is CC1(C)NC(=O)N(CCCC(=O)Nc2cc3c(cc2N)OCO3)C1=O.Cl. The van der Waals surface area contributed by atoms with Gasteiger partial charge in [0.15, 0.2) is 11.5 Å². The van der Waals surface area contributed by atoms with Gasteiger partial charge in [-0.15, -0.1) is 12.4 Å². The molecule has 0 atom stereocenters. The number of nitrogens with zero attached hydrogens (tertiary/aromatic N) is 1. The van der Waals surface area contributed by atoms with E-state index in [1.165, 1.54) is 0 Å². The molecule has 26 heavy (non-hydrogen) atoms. The normalized spacial score (nSPS) is 16.9.